The molecule has 0 fully saturated rings. The fourth-order valence-corrected chi connectivity index (χ4v) is 2.48. The first-order valence-electron chi connectivity index (χ1n) is 6.76. The molecule has 0 N–H and O–H groups in total. The number of esters is 1. The zero-order valence-corrected chi connectivity index (χ0v) is 13.4. The molecule has 108 valence electrons. The normalized spacial score (nSPS) is 12.2. The molecule has 1 heterocycles. The summed E-state index contributed by atoms with van der Waals surface area (Å²) in [6.45, 7) is 11.7. The van der Waals surface area contributed by atoms with Crippen LogP contribution in [-0.2, 0) is 16.1 Å². The van der Waals surface area contributed by atoms with Crippen LogP contribution in [0.5, 0.6) is 0 Å². The maximum absolute atomic E-state index is 11.7. The molecular weight excluding hydrogens is 258 g/mol. The van der Waals surface area contributed by atoms with E-state index < -0.39 is 5.60 Å². The van der Waals surface area contributed by atoms with Crippen molar-refractivity contribution in [3.05, 3.63) is 22.4 Å². The Morgan fingerprint density at radius 1 is 1.42 bits per heavy atom. The summed E-state index contributed by atoms with van der Waals surface area (Å²) in [6, 6.07) is 4.62. The molecule has 0 amide bonds. The fraction of sp³-hybridized carbons (Fsp3) is 0.667. The Morgan fingerprint density at radius 2 is 2.11 bits per heavy atom. The molecule has 0 radical (unpaired) electrons. The summed E-state index contributed by atoms with van der Waals surface area (Å²) in [5.74, 6) is -0.121. The van der Waals surface area contributed by atoms with E-state index in [1.54, 1.807) is 11.3 Å². The van der Waals surface area contributed by atoms with Crippen LogP contribution in [0, 0.1) is 0 Å². The number of hydrogen-bond donors (Lipinski definition) is 0. The number of thiophene rings is 1. The predicted molar refractivity (Wildman–Crippen MR) is 80.3 cm³/mol. The van der Waals surface area contributed by atoms with E-state index in [1.807, 2.05) is 20.8 Å². The lowest BCUT2D eigenvalue weighted by atomic mass is 10.2. The highest BCUT2D eigenvalue weighted by atomic mass is 32.1. The fourth-order valence-electron chi connectivity index (χ4n) is 1.75. The Bertz CT molecular complexity index is 379. The van der Waals surface area contributed by atoms with Crippen molar-refractivity contribution in [1.29, 1.82) is 0 Å². The van der Waals surface area contributed by atoms with Gasteiger partial charge in [0.05, 0.1) is 6.42 Å². The summed E-state index contributed by atoms with van der Waals surface area (Å²) in [5.41, 5.74) is -0.395. The van der Waals surface area contributed by atoms with Crippen LogP contribution in [0.3, 0.4) is 0 Å². The van der Waals surface area contributed by atoms with Crippen LogP contribution in [0.1, 0.15) is 45.9 Å². The summed E-state index contributed by atoms with van der Waals surface area (Å²) in [6.07, 6.45) is 0.445. The van der Waals surface area contributed by atoms with E-state index in [2.05, 4.69) is 36.3 Å². The van der Waals surface area contributed by atoms with Gasteiger partial charge in [0.1, 0.15) is 5.60 Å². The van der Waals surface area contributed by atoms with Crippen molar-refractivity contribution in [3.8, 4) is 0 Å². The summed E-state index contributed by atoms with van der Waals surface area (Å²) < 4.78 is 5.34. The van der Waals surface area contributed by atoms with Crippen LogP contribution < -0.4 is 0 Å². The van der Waals surface area contributed by atoms with Gasteiger partial charge in [0, 0.05) is 24.0 Å². The van der Waals surface area contributed by atoms with Gasteiger partial charge in [-0.2, -0.15) is 0 Å². The molecule has 0 aliphatic rings. The van der Waals surface area contributed by atoms with Crippen LogP contribution in [0.4, 0.5) is 0 Å². The molecule has 0 unspecified atom stereocenters. The van der Waals surface area contributed by atoms with Gasteiger partial charge in [-0.25, -0.2) is 0 Å². The number of hydrogen-bond acceptors (Lipinski definition) is 4. The highest BCUT2D eigenvalue weighted by Crippen LogP contribution is 2.15. The zero-order valence-electron chi connectivity index (χ0n) is 12.6. The van der Waals surface area contributed by atoms with Gasteiger partial charge in [-0.1, -0.05) is 6.07 Å². The van der Waals surface area contributed by atoms with Crippen molar-refractivity contribution in [3.63, 3.8) is 0 Å². The van der Waals surface area contributed by atoms with Gasteiger partial charge in [0.2, 0.25) is 0 Å². The van der Waals surface area contributed by atoms with Gasteiger partial charge < -0.3 is 4.74 Å². The molecule has 1 aromatic rings. The molecule has 4 heteroatoms. The molecule has 0 aromatic carbocycles. The first kappa shape index (κ1) is 16.2. The van der Waals surface area contributed by atoms with Crippen LogP contribution >= 0.6 is 11.3 Å². The van der Waals surface area contributed by atoms with E-state index in [9.17, 15) is 4.79 Å². The molecule has 0 atom stereocenters. The second-order valence-corrected chi connectivity index (χ2v) is 7.01. The smallest absolute Gasteiger partial charge is 0.307 e. The predicted octanol–water partition coefficient (Wildman–Crippen LogP) is 3.69. The summed E-state index contributed by atoms with van der Waals surface area (Å²) >= 11 is 1.76. The van der Waals surface area contributed by atoms with E-state index in [1.165, 1.54) is 4.88 Å². The van der Waals surface area contributed by atoms with Gasteiger partial charge in [-0.3, -0.25) is 9.69 Å². The number of ether oxygens (including phenoxy) is 1. The summed E-state index contributed by atoms with van der Waals surface area (Å²) in [5, 5.41) is 2.09. The highest BCUT2D eigenvalue weighted by molar-refractivity contribution is 7.09. The standard InChI is InChI=1S/C15H25NO2S/c1-12(2)16(11-13-7-6-10-19-13)9-8-14(17)18-15(3,4)5/h6-7,10,12H,8-9,11H2,1-5H3. The van der Waals surface area contributed by atoms with Gasteiger partial charge in [-0.05, 0) is 46.1 Å². The number of rotatable bonds is 6. The monoisotopic (exact) mass is 283 g/mol. The van der Waals surface area contributed by atoms with Crippen molar-refractivity contribution in [1.82, 2.24) is 4.90 Å². The molecule has 3 nitrogen and oxygen atoms in total. The van der Waals surface area contributed by atoms with Crippen LogP contribution in [-0.4, -0.2) is 29.1 Å². The van der Waals surface area contributed by atoms with E-state index in [-0.39, 0.29) is 5.97 Å². The van der Waals surface area contributed by atoms with Gasteiger partial charge in [0.15, 0.2) is 0 Å². The molecule has 0 spiro atoms. The molecule has 0 aliphatic heterocycles. The first-order valence-corrected chi connectivity index (χ1v) is 7.64. The minimum atomic E-state index is -0.395. The van der Waals surface area contributed by atoms with E-state index >= 15 is 0 Å². The topological polar surface area (TPSA) is 29.5 Å². The summed E-state index contributed by atoms with van der Waals surface area (Å²) in [4.78, 5) is 15.4. The average molecular weight is 283 g/mol. The summed E-state index contributed by atoms with van der Waals surface area (Å²) in [7, 11) is 0. The quantitative estimate of drug-likeness (QED) is 0.746. The van der Waals surface area contributed by atoms with E-state index in [0.717, 1.165) is 13.1 Å². The molecule has 0 aliphatic carbocycles. The Hall–Kier alpha value is -0.870. The Morgan fingerprint density at radius 3 is 2.58 bits per heavy atom. The van der Waals surface area contributed by atoms with Crippen molar-refractivity contribution < 1.29 is 9.53 Å². The Balaban J connectivity index is 2.44. The maximum Gasteiger partial charge on any atom is 0.307 e. The van der Waals surface area contributed by atoms with Gasteiger partial charge >= 0.3 is 5.97 Å². The van der Waals surface area contributed by atoms with E-state index in [4.69, 9.17) is 4.74 Å². The van der Waals surface area contributed by atoms with Crippen molar-refractivity contribution in [2.45, 2.75) is 59.2 Å². The number of nitrogens with zero attached hydrogens (tertiary/aromatic N) is 1. The molecule has 0 saturated carbocycles. The molecule has 0 bridgehead atoms. The maximum atomic E-state index is 11.7. The van der Waals surface area contributed by atoms with Crippen molar-refractivity contribution >= 4 is 17.3 Å². The lowest BCUT2D eigenvalue weighted by Crippen LogP contribution is -2.33. The lowest BCUT2D eigenvalue weighted by Gasteiger charge is -2.26. The third-order valence-electron chi connectivity index (χ3n) is 2.69. The first-order chi connectivity index (χ1) is 8.78. The molecule has 19 heavy (non-hydrogen) atoms. The number of carbonyl (C=O) groups excluding carboxylic acids is 1. The van der Waals surface area contributed by atoms with Gasteiger partial charge in [0.25, 0.3) is 0 Å². The molecule has 1 aromatic heterocycles. The minimum Gasteiger partial charge on any atom is -0.460 e. The SMILES string of the molecule is CC(C)N(CCC(=O)OC(C)(C)C)Cc1cccs1. The second kappa shape index (κ2) is 7.06. The average Bonchev–Trinajstić information content (AvgIpc) is 2.73. The lowest BCUT2D eigenvalue weighted by molar-refractivity contribution is -0.155. The largest absolute Gasteiger partial charge is 0.460 e. The third-order valence-corrected chi connectivity index (χ3v) is 3.55. The number of carbonyl (C=O) groups is 1. The Labute approximate surface area is 120 Å². The minimum absolute atomic E-state index is 0.121. The zero-order chi connectivity index (χ0) is 14.5. The van der Waals surface area contributed by atoms with Crippen LogP contribution in [0.2, 0.25) is 0 Å². The van der Waals surface area contributed by atoms with E-state index in [0.29, 0.717) is 12.5 Å². The molecular formula is C15H25NO2S. The Kier molecular flexibility index (Phi) is 6.01. The highest BCUT2D eigenvalue weighted by Gasteiger charge is 2.18. The van der Waals surface area contributed by atoms with Crippen molar-refractivity contribution in [2.75, 3.05) is 6.54 Å². The van der Waals surface area contributed by atoms with Crippen molar-refractivity contribution in [2.24, 2.45) is 0 Å². The van der Waals surface area contributed by atoms with Crippen LogP contribution in [0.15, 0.2) is 17.5 Å². The molecule has 1 rings (SSSR count). The second-order valence-electron chi connectivity index (χ2n) is 5.98. The van der Waals surface area contributed by atoms with Gasteiger partial charge in [-0.15, -0.1) is 11.3 Å². The van der Waals surface area contributed by atoms with Crippen LogP contribution in [0.25, 0.3) is 0 Å². The third kappa shape index (κ3) is 6.73. The molecule has 0 saturated heterocycles.